The van der Waals surface area contributed by atoms with Crippen LogP contribution in [0.25, 0.3) is 0 Å². The number of nitrogens with one attached hydrogen (secondary N) is 1. The van der Waals surface area contributed by atoms with Crippen LogP contribution in [0.3, 0.4) is 0 Å². The average Bonchev–Trinajstić information content (AvgIpc) is 3.08. The Hall–Kier alpha value is -2.34. The summed E-state index contributed by atoms with van der Waals surface area (Å²) < 4.78 is 5.77. The van der Waals surface area contributed by atoms with Gasteiger partial charge in [-0.05, 0) is 37.3 Å². The molecule has 6 heteroatoms. The van der Waals surface area contributed by atoms with E-state index in [0.29, 0.717) is 22.7 Å². The van der Waals surface area contributed by atoms with Crippen molar-refractivity contribution in [3.63, 3.8) is 0 Å². The zero-order chi connectivity index (χ0) is 16.9. The van der Waals surface area contributed by atoms with Crippen molar-refractivity contribution in [1.82, 2.24) is 4.98 Å². The second kappa shape index (κ2) is 7.49. The van der Waals surface area contributed by atoms with E-state index in [9.17, 15) is 9.59 Å². The Morgan fingerprint density at radius 1 is 1.25 bits per heavy atom. The first-order valence-electron chi connectivity index (χ1n) is 7.74. The number of ketones is 1. The number of pyridine rings is 1. The molecule has 0 saturated carbocycles. The number of aromatic nitrogens is 1. The molecule has 1 fully saturated rings. The van der Waals surface area contributed by atoms with E-state index in [1.807, 2.05) is 11.8 Å². The zero-order valence-electron chi connectivity index (χ0n) is 13.3. The first-order valence-corrected chi connectivity index (χ1v) is 8.90. The maximum atomic E-state index is 12.3. The van der Waals surface area contributed by atoms with Crippen LogP contribution in [0.5, 0.6) is 5.88 Å². The van der Waals surface area contributed by atoms with E-state index in [-0.39, 0.29) is 17.8 Å². The maximum absolute atomic E-state index is 12.3. The number of anilines is 1. The van der Waals surface area contributed by atoms with Crippen LogP contribution in [-0.4, -0.2) is 34.3 Å². The highest BCUT2D eigenvalue weighted by molar-refractivity contribution is 7.99. The third kappa shape index (κ3) is 4.14. The molecule has 1 unspecified atom stereocenters. The smallest absolute Gasteiger partial charge is 0.257 e. The van der Waals surface area contributed by atoms with Crippen molar-refractivity contribution in [2.24, 2.45) is 0 Å². The largest absolute Gasteiger partial charge is 0.473 e. The van der Waals surface area contributed by atoms with Crippen LogP contribution < -0.4 is 10.1 Å². The van der Waals surface area contributed by atoms with Gasteiger partial charge in [0.05, 0.1) is 5.56 Å². The summed E-state index contributed by atoms with van der Waals surface area (Å²) in [6.07, 6.45) is 2.74. The Bertz CT molecular complexity index is 740. The van der Waals surface area contributed by atoms with Gasteiger partial charge >= 0.3 is 0 Å². The van der Waals surface area contributed by atoms with E-state index < -0.39 is 0 Å². The van der Waals surface area contributed by atoms with E-state index >= 15 is 0 Å². The number of ether oxygens (including phenoxy) is 1. The summed E-state index contributed by atoms with van der Waals surface area (Å²) in [5.74, 6) is 2.32. The minimum absolute atomic E-state index is 0.0423. The average molecular weight is 342 g/mol. The molecule has 1 saturated heterocycles. The number of nitrogens with zero attached hydrogens (tertiary/aromatic N) is 1. The number of hydrogen-bond acceptors (Lipinski definition) is 5. The van der Waals surface area contributed by atoms with Gasteiger partial charge in [-0.2, -0.15) is 11.8 Å². The van der Waals surface area contributed by atoms with Gasteiger partial charge in [0.2, 0.25) is 5.88 Å². The molecule has 0 radical (unpaired) electrons. The third-order valence-corrected chi connectivity index (χ3v) is 4.83. The zero-order valence-corrected chi connectivity index (χ0v) is 14.1. The molecule has 1 atom stereocenters. The predicted molar refractivity (Wildman–Crippen MR) is 95.0 cm³/mol. The second-order valence-electron chi connectivity index (χ2n) is 5.58. The number of amides is 1. The van der Waals surface area contributed by atoms with Gasteiger partial charge in [-0.1, -0.05) is 12.1 Å². The molecule has 2 aromatic rings. The minimum Gasteiger partial charge on any atom is -0.473 e. The van der Waals surface area contributed by atoms with Crippen molar-refractivity contribution in [2.45, 2.75) is 19.4 Å². The van der Waals surface area contributed by atoms with Gasteiger partial charge in [0.1, 0.15) is 6.10 Å². The van der Waals surface area contributed by atoms with Gasteiger partial charge in [-0.3, -0.25) is 9.59 Å². The topological polar surface area (TPSA) is 68.3 Å². The van der Waals surface area contributed by atoms with Crippen molar-refractivity contribution < 1.29 is 14.3 Å². The van der Waals surface area contributed by atoms with Crippen LogP contribution >= 0.6 is 11.8 Å². The summed E-state index contributed by atoms with van der Waals surface area (Å²) in [5.41, 5.74) is 1.58. The molecule has 1 aromatic heterocycles. The molecule has 1 N–H and O–H groups in total. The molecule has 2 heterocycles. The Labute approximate surface area is 144 Å². The van der Waals surface area contributed by atoms with Crippen LogP contribution in [0, 0.1) is 0 Å². The van der Waals surface area contributed by atoms with Gasteiger partial charge in [-0.15, -0.1) is 0 Å². The first-order chi connectivity index (χ1) is 11.6. The summed E-state index contributed by atoms with van der Waals surface area (Å²) in [6.45, 7) is 1.49. The number of Topliss-reactive ketones (excluding diaryl/α,β-unsaturated/α-hetero) is 1. The van der Waals surface area contributed by atoms with Crippen molar-refractivity contribution in [3.05, 3.63) is 53.7 Å². The summed E-state index contributed by atoms with van der Waals surface area (Å²) >= 11 is 1.87. The van der Waals surface area contributed by atoms with Crippen molar-refractivity contribution in [3.8, 4) is 5.88 Å². The van der Waals surface area contributed by atoms with Crippen LogP contribution in [0.4, 0.5) is 5.69 Å². The minimum atomic E-state index is -0.272. The van der Waals surface area contributed by atoms with E-state index in [2.05, 4.69) is 10.3 Å². The highest BCUT2D eigenvalue weighted by Gasteiger charge is 2.17. The normalized spacial score (nSPS) is 16.6. The molecule has 1 aliphatic heterocycles. The van der Waals surface area contributed by atoms with Gasteiger partial charge in [-0.25, -0.2) is 4.98 Å². The summed E-state index contributed by atoms with van der Waals surface area (Å²) in [6, 6.07) is 10.3. The number of carbonyl (C=O) groups is 2. The molecule has 0 spiro atoms. The predicted octanol–water partition coefficient (Wildman–Crippen LogP) is 3.42. The van der Waals surface area contributed by atoms with Gasteiger partial charge in [0.25, 0.3) is 5.91 Å². The molecule has 5 nitrogen and oxygen atoms in total. The van der Waals surface area contributed by atoms with E-state index in [1.54, 1.807) is 36.4 Å². The fourth-order valence-corrected chi connectivity index (χ4v) is 3.47. The standard InChI is InChI=1S/C18H18N2O3S/c1-12(21)13-3-2-4-15(9-13)20-18(22)14-5-6-17(19-10-14)23-16-7-8-24-11-16/h2-6,9-10,16H,7-8,11H2,1H3,(H,20,22). The Morgan fingerprint density at radius 3 is 2.79 bits per heavy atom. The fourth-order valence-electron chi connectivity index (χ4n) is 2.38. The molecule has 24 heavy (non-hydrogen) atoms. The molecule has 1 aromatic carbocycles. The highest BCUT2D eigenvalue weighted by Crippen LogP contribution is 2.22. The summed E-state index contributed by atoms with van der Waals surface area (Å²) in [4.78, 5) is 27.9. The Kier molecular flexibility index (Phi) is 5.15. The Morgan fingerprint density at radius 2 is 2.12 bits per heavy atom. The molecule has 3 rings (SSSR count). The first kappa shape index (κ1) is 16.5. The monoisotopic (exact) mass is 342 g/mol. The number of benzene rings is 1. The Balaban J connectivity index is 1.64. The van der Waals surface area contributed by atoms with E-state index in [1.165, 1.54) is 13.1 Å². The van der Waals surface area contributed by atoms with Crippen LogP contribution in [-0.2, 0) is 0 Å². The van der Waals surface area contributed by atoms with Crippen molar-refractivity contribution >= 4 is 29.1 Å². The van der Waals surface area contributed by atoms with Crippen molar-refractivity contribution in [1.29, 1.82) is 0 Å². The maximum Gasteiger partial charge on any atom is 0.257 e. The molecular weight excluding hydrogens is 324 g/mol. The lowest BCUT2D eigenvalue weighted by Crippen LogP contribution is -2.16. The highest BCUT2D eigenvalue weighted by atomic mass is 32.2. The summed E-state index contributed by atoms with van der Waals surface area (Å²) in [7, 11) is 0. The lowest BCUT2D eigenvalue weighted by atomic mass is 10.1. The van der Waals surface area contributed by atoms with Gasteiger partial charge in [0, 0.05) is 29.3 Å². The molecule has 124 valence electrons. The molecular formula is C18H18N2O3S. The van der Waals surface area contributed by atoms with E-state index in [4.69, 9.17) is 4.74 Å². The lowest BCUT2D eigenvalue weighted by Gasteiger charge is -2.11. The number of thioether (sulfide) groups is 1. The summed E-state index contributed by atoms with van der Waals surface area (Å²) in [5, 5.41) is 2.77. The fraction of sp³-hybridized carbons (Fsp3) is 0.278. The third-order valence-electron chi connectivity index (χ3n) is 3.70. The van der Waals surface area contributed by atoms with Gasteiger partial charge < -0.3 is 10.1 Å². The van der Waals surface area contributed by atoms with Crippen LogP contribution in [0.15, 0.2) is 42.6 Å². The second-order valence-corrected chi connectivity index (χ2v) is 6.73. The molecule has 1 amide bonds. The van der Waals surface area contributed by atoms with Gasteiger partial charge in [0.15, 0.2) is 5.78 Å². The molecule has 0 bridgehead atoms. The van der Waals surface area contributed by atoms with Crippen molar-refractivity contribution in [2.75, 3.05) is 16.8 Å². The number of hydrogen-bond donors (Lipinski definition) is 1. The molecule has 1 aliphatic rings. The quantitative estimate of drug-likeness (QED) is 0.843. The van der Waals surface area contributed by atoms with Crippen LogP contribution in [0.2, 0.25) is 0 Å². The van der Waals surface area contributed by atoms with Crippen LogP contribution in [0.1, 0.15) is 34.1 Å². The molecule has 0 aliphatic carbocycles. The number of carbonyl (C=O) groups excluding carboxylic acids is 2. The SMILES string of the molecule is CC(=O)c1cccc(NC(=O)c2ccc(OC3CCSC3)nc2)c1. The lowest BCUT2D eigenvalue weighted by molar-refractivity contribution is 0.101. The number of rotatable bonds is 5. The van der Waals surface area contributed by atoms with E-state index in [0.717, 1.165) is 17.9 Å².